The van der Waals surface area contributed by atoms with Gasteiger partial charge in [0, 0.05) is 31.3 Å². The predicted molar refractivity (Wildman–Crippen MR) is 70.6 cm³/mol. The highest BCUT2D eigenvalue weighted by atomic mass is 16.5. The van der Waals surface area contributed by atoms with Crippen LogP contribution in [-0.2, 0) is 11.3 Å². The lowest BCUT2D eigenvalue weighted by molar-refractivity contribution is 0.193. The van der Waals surface area contributed by atoms with Crippen LogP contribution in [0.3, 0.4) is 0 Å². The van der Waals surface area contributed by atoms with Crippen molar-refractivity contribution in [2.45, 2.75) is 25.8 Å². The number of pyridine rings is 1. The Morgan fingerprint density at radius 3 is 3.00 bits per heavy atom. The second-order valence-corrected chi connectivity index (χ2v) is 5.01. The van der Waals surface area contributed by atoms with Gasteiger partial charge in [-0.05, 0) is 32.0 Å². The summed E-state index contributed by atoms with van der Waals surface area (Å²) in [7, 11) is 2.01. The predicted octanol–water partition coefficient (Wildman–Crippen LogP) is 1.32. The molecule has 1 aliphatic heterocycles. The van der Waals surface area contributed by atoms with E-state index in [9.17, 15) is 0 Å². The summed E-state index contributed by atoms with van der Waals surface area (Å²) in [6, 6.07) is 4.26. The van der Waals surface area contributed by atoms with Crippen LogP contribution in [0.4, 0.5) is 0 Å². The van der Waals surface area contributed by atoms with Crippen molar-refractivity contribution in [3.05, 3.63) is 29.1 Å². The van der Waals surface area contributed by atoms with E-state index in [1.165, 1.54) is 5.56 Å². The van der Waals surface area contributed by atoms with Crippen LogP contribution in [0.25, 0.3) is 0 Å². The van der Waals surface area contributed by atoms with Crippen molar-refractivity contribution in [3.63, 3.8) is 0 Å². The molecule has 1 saturated heterocycles. The summed E-state index contributed by atoms with van der Waals surface area (Å²) >= 11 is 0. The normalized spacial score (nSPS) is 19.7. The molecule has 0 aliphatic carbocycles. The van der Waals surface area contributed by atoms with Crippen LogP contribution in [0.5, 0.6) is 0 Å². The zero-order valence-electron chi connectivity index (χ0n) is 11.2. The first kappa shape index (κ1) is 13.5. The van der Waals surface area contributed by atoms with Gasteiger partial charge in [0.1, 0.15) is 0 Å². The van der Waals surface area contributed by atoms with Crippen LogP contribution in [0, 0.1) is 6.92 Å². The fraction of sp³-hybridized carbons (Fsp3) is 0.643. The molecule has 0 bridgehead atoms. The van der Waals surface area contributed by atoms with E-state index < -0.39 is 0 Å². The number of ether oxygens (including phenoxy) is 1. The van der Waals surface area contributed by atoms with Crippen LogP contribution in [0.2, 0.25) is 0 Å². The van der Waals surface area contributed by atoms with Crippen molar-refractivity contribution >= 4 is 0 Å². The Kier molecular flexibility index (Phi) is 4.69. The molecule has 1 aliphatic rings. The number of aryl methyl sites for hydroxylation is 1. The van der Waals surface area contributed by atoms with Gasteiger partial charge in [-0.2, -0.15) is 0 Å². The maximum atomic E-state index is 8.97. The Bertz CT molecular complexity index is 389. The topological polar surface area (TPSA) is 45.6 Å². The van der Waals surface area contributed by atoms with Gasteiger partial charge >= 0.3 is 0 Å². The summed E-state index contributed by atoms with van der Waals surface area (Å²) in [6.07, 6.45) is 1.08. The number of nitrogens with zero attached hydrogens (tertiary/aromatic N) is 2. The molecule has 1 unspecified atom stereocenters. The molecular formula is C14H22N2O2. The molecule has 1 fully saturated rings. The zero-order chi connectivity index (χ0) is 13.0. The average Bonchev–Trinajstić information content (AvgIpc) is 2.83. The molecular weight excluding hydrogens is 228 g/mol. The highest BCUT2D eigenvalue weighted by Gasteiger charge is 2.21. The van der Waals surface area contributed by atoms with Gasteiger partial charge in [0.25, 0.3) is 0 Å². The van der Waals surface area contributed by atoms with E-state index in [1.54, 1.807) is 0 Å². The van der Waals surface area contributed by atoms with E-state index in [4.69, 9.17) is 9.84 Å². The first-order valence-electron chi connectivity index (χ1n) is 6.54. The number of aliphatic hydroxyl groups excluding tert-OH is 1. The lowest BCUT2D eigenvalue weighted by atomic mass is 9.96. The van der Waals surface area contributed by atoms with Gasteiger partial charge in [0.15, 0.2) is 0 Å². The molecule has 2 heterocycles. The fourth-order valence-electron chi connectivity index (χ4n) is 2.40. The molecule has 0 aromatic carbocycles. The first-order valence-corrected chi connectivity index (χ1v) is 6.54. The third-order valence-corrected chi connectivity index (χ3v) is 3.42. The molecule has 4 nitrogen and oxygen atoms in total. The number of hydrogen-bond donors (Lipinski definition) is 1. The van der Waals surface area contributed by atoms with Gasteiger partial charge in [0.2, 0.25) is 0 Å². The number of aromatic nitrogens is 1. The van der Waals surface area contributed by atoms with Crippen molar-refractivity contribution in [2.75, 3.05) is 33.4 Å². The maximum Gasteiger partial charge on any atom is 0.0582 e. The molecule has 4 heteroatoms. The van der Waals surface area contributed by atoms with Crippen LogP contribution < -0.4 is 0 Å². The lowest BCUT2D eigenvalue weighted by Gasteiger charge is -2.19. The Morgan fingerprint density at radius 1 is 1.50 bits per heavy atom. The summed E-state index contributed by atoms with van der Waals surface area (Å²) < 4.78 is 5.47. The zero-order valence-corrected chi connectivity index (χ0v) is 11.2. The van der Waals surface area contributed by atoms with E-state index in [1.807, 2.05) is 14.0 Å². The Morgan fingerprint density at radius 2 is 2.33 bits per heavy atom. The van der Waals surface area contributed by atoms with Gasteiger partial charge < -0.3 is 9.84 Å². The van der Waals surface area contributed by atoms with Crippen LogP contribution >= 0.6 is 0 Å². The minimum absolute atomic E-state index is 0.185. The largest absolute Gasteiger partial charge is 0.395 e. The molecule has 0 amide bonds. The van der Waals surface area contributed by atoms with Crippen molar-refractivity contribution in [1.29, 1.82) is 0 Å². The lowest BCUT2D eigenvalue weighted by Crippen LogP contribution is -2.23. The Labute approximate surface area is 109 Å². The molecule has 100 valence electrons. The van der Waals surface area contributed by atoms with Gasteiger partial charge in [-0.3, -0.25) is 9.88 Å². The first-order chi connectivity index (χ1) is 8.70. The van der Waals surface area contributed by atoms with Crippen LogP contribution in [0.15, 0.2) is 12.1 Å². The SMILES string of the molecule is Cc1ccc(C2CCOC2)c(CN(C)CCO)n1. The van der Waals surface area contributed by atoms with Crippen LogP contribution in [0.1, 0.15) is 29.3 Å². The number of aliphatic hydroxyl groups is 1. The monoisotopic (exact) mass is 250 g/mol. The minimum atomic E-state index is 0.185. The minimum Gasteiger partial charge on any atom is -0.395 e. The van der Waals surface area contributed by atoms with Gasteiger partial charge in [0.05, 0.1) is 18.9 Å². The summed E-state index contributed by atoms with van der Waals surface area (Å²) in [4.78, 5) is 6.76. The Balaban J connectivity index is 2.17. The van der Waals surface area contributed by atoms with E-state index >= 15 is 0 Å². The van der Waals surface area contributed by atoms with Crippen molar-refractivity contribution in [2.24, 2.45) is 0 Å². The molecule has 0 radical (unpaired) electrons. The second kappa shape index (κ2) is 6.27. The second-order valence-electron chi connectivity index (χ2n) is 5.01. The molecule has 1 aromatic rings. The van der Waals surface area contributed by atoms with Gasteiger partial charge in [-0.15, -0.1) is 0 Å². The molecule has 2 rings (SSSR count). The van der Waals surface area contributed by atoms with E-state index in [2.05, 4.69) is 22.0 Å². The molecule has 1 N–H and O–H groups in total. The van der Waals surface area contributed by atoms with Gasteiger partial charge in [-0.1, -0.05) is 6.07 Å². The standard InChI is InChI=1S/C14H22N2O2/c1-11-3-4-13(12-5-8-18-10-12)14(15-11)9-16(2)6-7-17/h3-4,12,17H,5-10H2,1-2H3. The van der Waals surface area contributed by atoms with Crippen LogP contribution in [-0.4, -0.2) is 48.4 Å². The fourth-order valence-corrected chi connectivity index (χ4v) is 2.40. The third-order valence-electron chi connectivity index (χ3n) is 3.42. The quantitative estimate of drug-likeness (QED) is 0.856. The number of rotatable bonds is 5. The average molecular weight is 250 g/mol. The summed E-state index contributed by atoms with van der Waals surface area (Å²) in [6.45, 7) is 5.32. The van der Waals surface area contributed by atoms with Crippen molar-refractivity contribution in [3.8, 4) is 0 Å². The summed E-state index contributed by atoms with van der Waals surface area (Å²) in [5, 5.41) is 8.97. The number of hydrogen-bond acceptors (Lipinski definition) is 4. The molecule has 0 spiro atoms. The molecule has 1 atom stereocenters. The summed E-state index contributed by atoms with van der Waals surface area (Å²) in [5.41, 5.74) is 3.48. The highest BCUT2D eigenvalue weighted by molar-refractivity contribution is 5.27. The number of likely N-dealkylation sites (N-methyl/N-ethyl adjacent to an activating group) is 1. The molecule has 0 saturated carbocycles. The smallest absolute Gasteiger partial charge is 0.0582 e. The van der Waals surface area contributed by atoms with E-state index in [-0.39, 0.29) is 6.61 Å². The molecule has 18 heavy (non-hydrogen) atoms. The molecule has 1 aromatic heterocycles. The van der Waals surface area contributed by atoms with Crippen molar-refractivity contribution in [1.82, 2.24) is 9.88 Å². The van der Waals surface area contributed by atoms with E-state index in [0.29, 0.717) is 12.5 Å². The summed E-state index contributed by atoms with van der Waals surface area (Å²) in [5.74, 6) is 0.482. The maximum absolute atomic E-state index is 8.97. The van der Waals surface area contributed by atoms with Crippen molar-refractivity contribution < 1.29 is 9.84 Å². The third kappa shape index (κ3) is 3.28. The van der Waals surface area contributed by atoms with Gasteiger partial charge in [-0.25, -0.2) is 0 Å². The highest BCUT2D eigenvalue weighted by Crippen LogP contribution is 2.27. The van der Waals surface area contributed by atoms with E-state index in [0.717, 1.165) is 37.6 Å². The Hall–Kier alpha value is -0.970.